The van der Waals surface area contributed by atoms with Crippen LogP contribution in [0.5, 0.6) is 10.8 Å². The summed E-state index contributed by atoms with van der Waals surface area (Å²) in [6, 6.07) is 25.6. The Morgan fingerprint density at radius 1 is 0.943 bits per heavy atom. The third kappa shape index (κ3) is 5.96. The van der Waals surface area contributed by atoms with E-state index in [9.17, 15) is 13.2 Å². The lowest BCUT2D eigenvalue weighted by molar-refractivity contribution is -0.115. The molecule has 0 atom stereocenters. The largest absolute Gasteiger partial charge is 0.444 e. The number of nitrogens with one attached hydrogen (secondary N) is 1. The number of carbonyl (C=O) groups excluding carboxylic acids is 1. The van der Waals surface area contributed by atoms with Gasteiger partial charge in [0, 0.05) is 5.56 Å². The first-order valence-electron chi connectivity index (χ1n) is 11.4. The second-order valence-electron chi connectivity index (χ2n) is 8.53. The molecule has 0 saturated heterocycles. The number of ether oxygens (including phenoxy) is 1. The van der Waals surface area contributed by atoms with Gasteiger partial charge in [-0.05, 0) is 48.6 Å². The van der Waals surface area contributed by atoms with Crippen molar-refractivity contribution in [2.75, 3.05) is 11.1 Å². The van der Waals surface area contributed by atoms with Crippen LogP contribution in [0.1, 0.15) is 18.4 Å². The molecule has 6 nitrogen and oxygen atoms in total. The zero-order valence-corrected chi connectivity index (χ0v) is 20.5. The molecule has 5 rings (SSSR count). The third-order valence-corrected chi connectivity index (χ3v) is 8.39. The van der Waals surface area contributed by atoms with Crippen molar-refractivity contribution in [1.82, 2.24) is 4.98 Å². The Morgan fingerprint density at radius 3 is 2.26 bits per heavy atom. The quantitative estimate of drug-likeness (QED) is 0.304. The van der Waals surface area contributed by atoms with Gasteiger partial charge >= 0.3 is 0 Å². The summed E-state index contributed by atoms with van der Waals surface area (Å²) in [6.45, 7) is 0. The molecular formula is C27H24N2O4S2. The van der Waals surface area contributed by atoms with Gasteiger partial charge in [0.1, 0.15) is 11.4 Å². The molecule has 1 amide bonds. The maximum atomic E-state index is 12.7. The molecule has 1 aliphatic carbocycles. The SMILES string of the molecule is O=C(Cc1ccc(S(=O)(=O)CC2CC2)cc1)Nc1nc(-c2ccccc2)c(Oc2ccccc2)s1. The number of benzene rings is 3. The molecule has 3 aromatic carbocycles. The number of hydrogen-bond donors (Lipinski definition) is 1. The van der Waals surface area contributed by atoms with E-state index in [-0.39, 0.29) is 18.1 Å². The molecule has 0 aliphatic heterocycles. The van der Waals surface area contributed by atoms with Gasteiger partial charge in [0.15, 0.2) is 15.0 Å². The molecule has 4 aromatic rings. The van der Waals surface area contributed by atoms with Crippen LogP contribution in [0.2, 0.25) is 0 Å². The fraction of sp³-hybridized carbons (Fsp3) is 0.185. The lowest BCUT2D eigenvalue weighted by atomic mass is 10.1. The molecule has 0 radical (unpaired) electrons. The van der Waals surface area contributed by atoms with Gasteiger partial charge in [-0.2, -0.15) is 0 Å². The van der Waals surface area contributed by atoms with Gasteiger partial charge in [-0.3, -0.25) is 4.79 Å². The number of rotatable bonds is 9. The summed E-state index contributed by atoms with van der Waals surface area (Å²) in [7, 11) is -3.27. The molecule has 1 fully saturated rings. The van der Waals surface area contributed by atoms with Crippen LogP contribution in [0.15, 0.2) is 89.8 Å². The summed E-state index contributed by atoms with van der Waals surface area (Å²) in [6.07, 6.45) is 2.08. The van der Waals surface area contributed by atoms with Gasteiger partial charge in [-0.1, -0.05) is 72.0 Å². The molecule has 0 spiro atoms. The highest BCUT2D eigenvalue weighted by molar-refractivity contribution is 7.91. The Balaban J connectivity index is 1.30. The zero-order chi connectivity index (χ0) is 24.3. The number of thiazole rings is 1. The van der Waals surface area contributed by atoms with Gasteiger partial charge < -0.3 is 10.1 Å². The van der Waals surface area contributed by atoms with Crippen molar-refractivity contribution in [3.8, 4) is 22.1 Å². The van der Waals surface area contributed by atoms with Crippen molar-refractivity contribution in [2.24, 2.45) is 5.92 Å². The molecule has 1 heterocycles. The first kappa shape index (κ1) is 23.3. The molecule has 1 aliphatic rings. The first-order valence-corrected chi connectivity index (χ1v) is 13.8. The van der Waals surface area contributed by atoms with Gasteiger partial charge in [-0.15, -0.1) is 0 Å². The van der Waals surface area contributed by atoms with Gasteiger partial charge in [0.05, 0.1) is 17.1 Å². The number of hydrogen-bond acceptors (Lipinski definition) is 6. The molecule has 0 unspecified atom stereocenters. The van der Waals surface area contributed by atoms with E-state index in [2.05, 4.69) is 10.3 Å². The summed E-state index contributed by atoms with van der Waals surface area (Å²) in [4.78, 5) is 17.7. The lowest BCUT2D eigenvalue weighted by Crippen LogP contribution is -2.14. The average Bonchev–Trinajstić information content (AvgIpc) is 3.58. The predicted octanol–water partition coefficient (Wildman–Crippen LogP) is 5.97. The zero-order valence-electron chi connectivity index (χ0n) is 18.9. The summed E-state index contributed by atoms with van der Waals surface area (Å²) in [5, 5.41) is 3.88. The molecule has 1 saturated carbocycles. The van der Waals surface area contributed by atoms with Crippen molar-refractivity contribution in [3.05, 3.63) is 90.5 Å². The summed E-state index contributed by atoms with van der Waals surface area (Å²) in [5.74, 6) is 0.940. The highest BCUT2D eigenvalue weighted by Crippen LogP contribution is 2.40. The fourth-order valence-electron chi connectivity index (χ4n) is 3.66. The summed E-state index contributed by atoms with van der Waals surface area (Å²) >= 11 is 1.26. The van der Waals surface area contributed by atoms with Crippen molar-refractivity contribution < 1.29 is 17.9 Å². The maximum absolute atomic E-state index is 12.7. The van der Waals surface area contributed by atoms with Crippen LogP contribution in [-0.4, -0.2) is 25.1 Å². The molecule has 0 bridgehead atoms. The van der Waals surface area contributed by atoms with E-state index >= 15 is 0 Å². The highest BCUT2D eigenvalue weighted by Gasteiger charge is 2.29. The lowest BCUT2D eigenvalue weighted by Gasteiger charge is -2.06. The van der Waals surface area contributed by atoms with Gasteiger partial charge in [-0.25, -0.2) is 13.4 Å². The number of nitrogens with zero attached hydrogens (tertiary/aromatic N) is 1. The topological polar surface area (TPSA) is 85.4 Å². The highest BCUT2D eigenvalue weighted by atomic mass is 32.2. The Labute approximate surface area is 208 Å². The van der Waals surface area contributed by atoms with E-state index < -0.39 is 9.84 Å². The first-order chi connectivity index (χ1) is 17.0. The maximum Gasteiger partial charge on any atom is 0.230 e. The molecule has 178 valence electrons. The standard InChI is InChI=1S/C27H24N2O4S2/c30-24(17-19-13-15-23(16-14-19)35(31,32)18-20-11-12-20)28-27-29-25(21-7-3-1-4-8-21)26(34-27)33-22-9-5-2-6-10-22/h1-10,13-16,20H,11-12,17-18H2,(H,28,29,30). The van der Waals surface area contributed by atoms with Crippen LogP contribution >= 0.6 is 11.3 Å². The van der Waals surface area contributed by atoms with Crippen molar-refractivity contribution in [1.29, 1.82) is 0 Å². The third-order valence-electron chi connectivity index (χ3n) is 5.64. The molecule has 1 aromatic heterocycles. The van der Waals surface area contributed by atoms with Gasteiger partial charge in [0.25, 0.3) is 0 Å². The number of sulfone groups is 1. The number of carbonyl (C=O) groups is 1. The van der Waals surface area contributed by atoms with Crippen LogP contribution in [0.4, 0.5) is 5.13 Å². The van der Waals surface area contributed by atoms with E-state index in [1.165, 1.54) is 11.3 Å². The van der Waals surface area contributed by atoms with Crippen LogP contribution in [0.25, 0.3) is 11.3 Å². The Hall–Kier alpha value is -3.49. The number of amides is 1. The second kappa shape index (κ2) is 10.0. The smallest absolute Gasteiger partial charge is 0.230 e. The molecular weight excluding hydrogens is 480 g/mol. The predicted molar refractivity (Wildman–Crippen MR) is 138 cm³/mol. The minimum atomic E-state index is -3.27. The van der Waals surface area contributed by atoms with Crippen molar-refractivity contribution >= 4 is 32.2 Å². The normalized spacial score (nSPS) is 13.4. The number of anilines is 1. The minimum absolute atomic E-state index is 0.109. The van der Waals surface area contributed by atoms with Crippen LogP contribution in [0.3, 0.4) is 0 Å². The van der Waals surface area contributed by atoms with Crippen LogP contribution in [-0.2, 0) is 21.1 Å². The Morgan fingerprint density at radius 2 is 1.60 bits per heavy atom. The monoisotopic (exact) mass is 504 g/mol. The van der Waals surface area contributed by atoms with E-state index in [0.29, 0.717) is 32.5 Å². The van der Waals surface area contributed by atoms with Crippen molar-refractivity contribution in [2.45, 2.75) is 24.2 Å². The van der Waals surface area contributed by atoms with Crippen LogP contribution in [0, 0.1) is 5.92 Å². The van der Waals surface area contributed by atoms with Gasteiger partial charge in [0.2, 0.25) is 11.0 Å². The van der Waals surface area contributed by atoms with Crippen LogP contribution < -0.4 is 10.1 Å². The number of aromatic nitrogens is 1. The van der Waals surface area contributed by atoms with E-state index in [1.807, 2.05) is 60.7 Å². The average molecular weight is 505 g/mol. The fourth-order valence-corrected chi connectivity index (χ4v) is 6.23. The molecule has 35 heavy (non-hydrogen) atoms. The summed E-state index contributed by atoms with van der Waals surface area (Å²) in [5.41, 5.74) is 2.27. The Bertz CT molecular complexity index is 1410. The van der Waals surface area contributed by atoms with E-state index in [4.69, 9.17) is 4.74 Å². The van der Waals surface area contributed by atoms with Crippen molar-refractivity contribution in [3.63, 3.8) is 0 Å². The number of para-hydroxylation sites is 1. The molecule has 1 N–H and O–H groups in total. The second-order valence-corrected chi connectivity index (χ2v) is 11.5. The van der Waals surface area contributed by atoms with E-state index in [0.717, 1.165) is 24.0 Å². The minimum Gasteiger partial charge on any atom is -0.444 e. The summed E-state index contributed by atoms with van der Waals surface area (Å²) < 4.78 is 31.0. The Kier molecular flexibility index (Phi) is 6.66. The van der Waals surface area contributed by atoms with E-state index in [1.54, 1.807) is 24.3 Å². The molecule has 8 heteroatoms.